The van der Waals surface area contributed by atoms with Gasteiger partial charge >= 0.3 is 0 Å². The minimum atomic E-state index is 0.781. The van der Waals surface area contributed by atoms with E-state index in [9.17, 15) is 0 Å². The molecule has 2 N–H and O–H groups in total. The molecule has 0 saturated heterocycles. The summed E-state index contributed by atoms with van der Waals surface area (Å²) in [5.41, 5.74) is 17.1. The first-order chi connectivity index (χ1) is 25.4. The van der Waals surface area contributed by atoms with Crippen molar-refractivity contribution < 1.29 is 0 Å². The van der Waals surface area contributed by atoms with E-state index in [1.165, 1.54) is 22.3 Å². The number of nitrogens with one attached hydrogen (secondary N) is 2. The van der Waals surface area contributed by atoms with Gasteiger partial charge in [-0.2, -0.15) is 0 Å². The Morgan fingerprint density at radius 1 is 0.404 bits per heavy atom. The van der Waals surface area contributed by atoms with Crippen molar-refractivity contribution >= 4 is 68.7 Å². The average molecular weight is 683 g/mol. The summed E-state index contributed by atoms with van der Waals surface area (Å²) in [7, 11) is 8.46. The fourth-order valence-corrected chi connectivity index (χ4v) is 7.93. The molecule has 8 nitrogen and oxygen atoms in total. The molecule has 52 heavy (non-hydrogen) atoms. The highest BCUT2D eigenvalue weighted by atomic mass is 15.1. The lowest BCUT2D eigenvalue weighted by Crippen LogP contribution is -2.17. The molecule has 0 fully saturated rings. The third kappa shape index (κ3) is 5.76. The highest BCUT2D eigenvalue weighted by Gasteiger charge is 2.23. The number of fused-ring (bicyclic) bond motifs is 8. The highest BCUT2D eigenvalue weighted by Crippen LogP contribution is 2.36. The van der Waals surface area contributed by atoms with E-state index >= 15 is 0 Å². The van der Waals surface area contributed by atoms with Crippen LogP contribution in [0.4, 0.5) is 0 Å². The molecular formula is C44H42N8. The minimum Gasteiger partial charge on any atom is -0.376 e. The molecule has 0 unspecified atom stereocenters. The molecule has 0 radical (unpaired) electrons. The Hall–Kier alpha value is -6.28. The third-order valence-corrected chi connectivity index (χ3v) is 10.3. The molecule has 8 heteroatoms. The van der Waals surface area contributed by atoms with Crippen LogP contribution in [0.3, 0.4) is 0 Å². The van der Waals surface area contributed by atoms with E-state index in [0.717, 1.165) is 93.3 Å². The first-order valence-electron chi connectivity index (χ1n) is 17.9. The van der Waals surface area contributed by atoms with Crippen LogP contribution >= 0.6 is 0 Å². The van der Waals surface area contributed by atoms with Gasteiger partial charge in [0.15, 0.2) is 0 Å². The van der Waals surface area contributed by atoms with E-state index in [1.807, 2.05) is 0 Å². The van der Waals surface area contributed by atoms with Gasteiger partial charge in [0.25, 0.3) is 0 Å². The number of likely N-dealkylation sites (N-methyl/N-ethyl adjacent to an activating group) is 4. The van der Waals surface area contributed by atoms with Crippen LogP contribution in [0.15, 0.2) is 97.7 Å². The Balaban J connectivity index is 1.43. The van der Waals surface area contributed by atoms with Crippen LogP contribution in [0.1, 0.15) is 45.0 Å². The van der Waals surface area contributed by atoms with Gasteiger partial charge in [0.1, 0.15) is 0 Å². The second kappa shape index (κ2) is 12.8. The van der Waals surface area contributed by atoms with Crippen LogP contribution in [0, 0.1) is 0 Å². The molecule has 9 heterocycles. The zero-order valence-corrected chi connectivity index (χ0v) is 30.1. The number of allylic oxidation sites excluding steroid dienone is 8. The first kappa shape index (κ1) is 31.7. The van der Waals surface area contributed by atoms with Crippen molar-refractivity contribution in [2.75, 3.05) is 54.4 Å². The first-order valence-corrected chi connectivity index (χ1v) is 17.9. The van der Waals surface area contributed by atoms with Crippen LogP contribution in [0.5, 0.6) is 0 Å². The van der Waals surface area contributed by atoms with Crippen LogP contribution in [0.25, 0.3) is 68.7 Å². The van der Waals surface area contributed by atoms with E-state index in [2.05, 4.69) is 180 Å². The van der Waals surface area contributed by atoms with Gasteiger partial charge in [-0.3, -0.25) is 0 Å². The average Bonchev–Trinajstić information content (AvgIpc) is 3.96. The molecule has 0 aromatic carbocycles. The molecule has 0 saturated carbocycles. The summed E-state index contributed by atoms with van der Waals surface area (Å²) in [6, 6.07) is 8.84. The Kier molecular flexibility index (Phi) is 7.80. The lowest BCUT2D eigenvalue weighted by atomic mass is 10.0. The SMILES string of the molecule is CN1C=CC=C(c2c3nc(c(C4=CC=CN(C)C4)c4ccc([nH]4)c(C4=CC=CN(C)C4)c4nc(c(C5=CC=CN(C)C5)c5ccc2[nH]5)C=C4)C=C3)C1. The minimum absolute atomic E-state index is 0.781. The number of aromatic amines is 2. The Labute approximate surface area is 304 Å². The molecule has 9 rings (SSSR count). The van der Waals surface area contributed by atoms with Crippen LogP contribution in [0.2, 0.25) is 0 Å². The standard InChI is InChI=1S/C44H42N8/c1-49-21-5-9-29(25-49)41-33-13-15-35(45-33)42(30-10-6-22-50(2)26-30)37-17-19-39(47-37)44(32-12-8-24-52(4)28-32)40-20-18-38(48-40)43(36-16-14-34(41)46-36)31-11-7-23-51(3)27-31/h5-24,45,48H,25-28H2,1-4H3. The zero-order chi connectivity index (χ0) is 35.3. The number of aromatic nitrogens is 4. The predicted octanol–water partition coefficient (Wildman–Crippen LogP) is 8.03. The summed E-state index contributed by atoms with van der Waals surface area (Å²) in [6.45, 7) is 3.13. The Morgan fingerprint density at radius 2 is 0.654 bits per heavy atom. The smallest absolute Gasteiger partial charge is 0.0734 e. The molecule has 6 aliphatic heterocycles. The van der Waals surface area contributed by atoms with Gasteiger partial charge in [-0.15, -0.1) is 0 Å². The van der Waals surface area contributed by atoms with Gasteiger partial charge in [0, 0.05) is 98.7 Å². The Bertz CT molecular complexity index is 2150. The molecule has 0 atom stereocenters. The fourth-order valence-electron chi connectivity index (χ4n) is 7.93. The van der Waals surface area contributed by atoms with Crippen molar-refractivity contribution in [3.8, 4) is 0 Å². The van der Waals surface area contributed by atoms with Crippen molar-refractivity contribution in [2.45, 2.75) is 0 Å². The van der Waals surface area contributed by atoms with Crippen LogP contribution < -0.4 is 0 Å². The largest absolute Gasteiger partial charge is 0.376 e. The number of nitrogens with zero attached hydrogens (tertiary/aromatic N) is 6. The summed E-state index contributed by atoms with van der Waals surface area (Å²) in [5, 5.41) is 0. The summed E-state index contributed by atoms with van der Waals surface area (Å²) in [4.78, 5) is 27.5. The third-order valence-electron chi connectivity index (χ3n) is 10.3. The van der Waals surface area contributed by atoms with Crippen LogP contribution in [-0.2, 0) is 0 Å². The molecule has 3 aromatic heterocycles. The van der Waals surface area contributed by atoms with E-state index in [-0.39, 0.29) is 0 Å². The summed E-state index contributed by atoms with van der Waals surface area (Å²) >= 11 is 0. The molecule has 8 bridgehead atoms. The van der Waals surface area contributed by atoms with Crippen molar-refractivity contribution in [1.82, 2.24) is 39.5 Å². The van der Waals surface area contributed by atoms with Crippen molar-refractivity contribution in [3.05, 3.63) is 143 Å². The normalized spacial score (nSPS) is 17.9. The maximum absolute atomic E-state index is 5.46. The van der Waals surface area contributed by atoms with Crippen molar-refractivity contribution in [2.24, 2.45) is 0 Å². The van der Waals surface area contributed by atoms with Gasteiger partial charge in [0.2, 0.25) is 0 Å². The number of H-pyrrole nitrogens is 2. The molecule has 258 valence electrons. The van der Waals surface area contributed by atoms with Gasteiger partial charge in [-0.25, -0.2) is 9.97 Å². The second-order valence-electron chi connectivity index (χ2n) is 14.3. The molecule has 6 aliphatic rings. The molecule has 0 aliphatic carbocycles. The van der Waals surface area contributed by atoms with Crippen molar-refractivity contribution in [3.63, 3.8) is 0 Å². The number of hydrogen-bond donors (Lipinski definition) is 2. The maximum atomic E-state index is 5.46. The second-order valence-corrected chi connectivity index (χ2v) is 14.3. The quantitative estimate of drug-likeness (QED) is 0.200. The van der Waals surface area contributed by atoms with E-state index in [0.29, 0.717) is 0 Å². The van der Waals surface area contributed by atoms with Gasteiger partial charge in [0.05, 0.1) is 22.8 Å². The molecular weight excluding hydrogens is 641 g/mol. The maximum Gasteiger partial charge on any atom is 0.0734 e. The van der Waals surface area contributed by atoms with E-state index in [1.54, 1.807) is 0 Å². The van der Waals surface area contributed by atoms with Gasteiger partial charge in [-0.05, 0) is 120 Å². The zero-order valence-electron chi connectivity index (χ0n) is 30.1. The topological polar surface area (TPSA) is 70.3 Å². The van der Waals surface area contributed by atoms with Gasteiger partial charge < -0.3 is 29.6 Å². The summed E-state index contributed by atoms with van der Waals surface area (Å²) < 4.78 is 0. The highest BCUT2D eigenvalue weighted by molar-refractivity contribution is 5.97. The predicted molar refractivity (Wildman–Crippen MR) is 218 cm³/mol. The van der Waals surface area contributed by atoms with E-state index < -0.39 is 0 Å². The molecule has 0 amide bonds. The fraction of sp³-hybridized carbons (Fsp3) is 0.182. The van der Waals surface area contributed by atoms with Crippen LogP contribution in [-0.4, -0.2) is 93.9 Å². The summed E-state index contributed by atoms with van der Waals surface area (Å²) in [6.07, 6.45) is 34.6. The Morgan fingerprint density at radius 3 is 0.885 bits per heavy atom. The number of rotatable bonds is 4. The number of hydrogen-bond acceptors (Lipinski definition) is 6. The lowest BCUT2D eigenvalue weighted by Gasteiger charge is -2.21. The van der Waals surface area contributed by atoms with E-state index in [4.69, 9.17) is 9.97 Å². The van der Waals surface area contributed by atoms with Crippen molar-refractivity contribution in [1.29, 1.82) is 0 Å². The molecule has 3 aromatic rings. The lowest BCUT2D eigenvalue weighted by molar-refractivity contribution is 0.512. The van der Waals surface area contributed by atoms with Gasteiger partial charge in [-0.1, -0.05) is 24.3 Å². The molecule has 0 spiro atoms. The summed E-state index contributed by atoms with van der Waals surface area (Å²) in [5.74, 6) is 0. The monoisotopic (exact) mass is 682 g/mol.